The molecule has 1 aliphatic heterocycles. The van der Waals surface area contributed by atoms with Crippen LogP contribution in [-0.2, 0) is 9.84 Å². The van der Waals surface area contributed by atoms with Crippen molar-refractivity contribution in [2.75, 3.05) is 18.6 Å². The van der Waals surface area contributed by atoms with Crippen molar-refractivity contribution < 1.29 is 13.5 Å². The Hall–Kier alpha value is -0.170. The molecule has 2 atom stereocenters. The second-order valence-electron chi connectivity index (χ2n) is 5.45. The molecule has 5 nitrogen and oxygen atoms in total. The van der Waals surface area contributed by atoms with Gasteiger partial charge in [0.05, 0.1) is 23.7 Å². The van der Waals surface area contributed by atoms with Crippen molar-refractivity contribution in [3.05, 3.63) is 0 Å². The third-order valence-electron chi connectivity index (χ3n) is 4.13. The third-order valence-corrected chi connectivity index (χ3v) is 5.83. The first-order valence-electron chi connectivity index (χ1n) is 6.25. The van der Waals surface area contributed by atoms with Crippen LogP contribution in [0.1, 0.15) is 25.7 Å². The summed E-state index contributed by atoms with van der Waals surface area (Å²) in [7, 11) is -1.13. The molecule has 1 saturated carbocycles. The Labute approximate surface area is 103 Å². The minimum atomic E-state index is -3.06. The first-order valence-corrected chi connectivity index (χ1v) is 8.07. The minimum absolute atomic E-state index is 0.0890. The van der Waals surface area contributed by atoms with Gasteiger partial charge in [0, 0.05) is 12.1 Å². The standard InChI is InChI=1S/C11H22N2O3S/c1-13(9-4-2-8(12)3-5-9)10-6-17(15,16)7-11(10)14/h8-11,14H,2-7,12H2,1H3. The molecule has 2 fully saturated rings. The van der Waals surface area contributed by atoms with E-state index < -0.39 is 15.9 Å². The number of aliphatic hydroxyl groups is 1. The molecule has 0 aromatic carbocycles. The van der Waals surface area contributed by atoms with Gasteiger partial charge in [-0.05, 0) is 32.7 Å². The lowest BCUT2D eigenvalue weighted by molar-refractivity contribution is 0.0588. The predicted octanol–water partition coefficient (Wildman–Crippen LogP) is -0.654. The lowest BCUT2D eigenvalue weighted by Gasteiger charge is -2.37. The van der Waals surface area contributed by atoms with Gasteiger partial charge in [0.2, 0.25) is 0 Å². The summed E-state index contributed by atoms with van der Waals surface area (Å²) in [5, 5.41) is 9.83. The quantitative estimate of drug-likeness (QED) is 0.690. The lowest BCUT2D eigenvalue weighted by Crippen LogP contribution is -2.48. The fourth-order valence-electron chi connectivity index (χ4n) is 2.98. The molecule has 100 valence electrons. The van der Waals surface area contributed by atoms with Crippen molar-refractivity contribution in [1.29, 1.82) is 0 Å². The Morgan fingerprint density at radius 2 is 1.76 bits per heavy atom. The summed E-state index contributed by atoms with van der Waals surface area (Å²) < 4.78 is 23.0. The molecular weight excluding hydrogens is 240 g/mol. The molecule has 0 aromatic rings. The summed E-state index contributed by atoms with van der Waals surface area (Å²) in [4.78, 5) is 2.06. The van der Waals surface area contributed by atoms with E-state index in [4.69, 9.17) is 5.73 Å². The fraction of sp³-hybridized carbons (Fsp3) is 1.00. The van der Waals surface area contributed by atoms with Crippen LogP contribution in [-0.4, -0.2) is 61.2 Å². The molecule has 1 heterocycles. The molecule has 2 unspecified atom stereocenters. The van der Waals surface area contributed by atoms with Gasteiger partial charge in [0.1, 0.15) is 0 Å². The Morgan fingerprint density at radius 3 is 2.24 bits per heavy atom. The Morgan fingerprint density at radius 1 is 1.18 bits per heavy atom. The fourth-order valence-corrected chi connectivity index (χ4v) is 4.84. The van der Waals surface area contributed by atoms with Crippen LogP contribution in [0, 0.1) is 0 Å². The van der Waals surface area contributed by atoms with E-state index in [1.165, 1.54) is 0 Å². The van der Waals surface area contributed by atoms with E-state index in [1.54, 1.807) is 0 Å². The molecule has 2 rings (SSSR count). The normalized spacial score (nSPS) is 41.9. The van der Waals surface area contributed by atoms with Crippen LogP contribution in [0.4, 0.5) is 0 Å². The molecule has 0 bridgehead atoms. The third kappa shape index (κ3) is 2.99. The minimum Gasteiger partial charge on any atom is -0.390 e. The Kier molecular flexibility index (Phi) is 3.77. The van der Waals surface area contributed by atoms with E-state index in [9.17, 15) is 13.5 Å². The number of sulfone groups is 1. The molecule has 3 N–H and O–H groups in total. The van der Waals surface area contributed by atoms with E-state index in [2.05, 4.69) is 4.90 Å². The average molecular weight is 262 g/mol. The molecule has 17 heavy (non-hydrogen) atoms. The topological polar surface area (TPSA) is 83.6 Å². The van der Waals surface area contributed by atoms with Crippen LogP contribution in [0.5, 0.6) is 0 Å². The zero-order valence-corrected chi connectivity index (χ0v) is 11.1. The zero-order valence-electron chi connectivity index (χ0n) is 10.2. The number of rotatable bonds is 2. The van der Waals surface area contributed by atoms with Gasteiger partial charge in [-0.2, -0.15) is 0 Å². The number of likely N-dealkylation sites (N-methyl/N-ethyl adjacent to an activating group) is 1. The van der Waals surface area contributed by atoms with Crippen LogP contribution in [0.2, 0.25) is 0 Å². The van der Waals surface area contributed by atoms with Crippen molar-refractivity contribution in [1.82, 2.24) is 4.90 Å². The van der Waals surface area contributed by atoms with Gasteiger partial charge in [-0.15, -0.1) is 0 Å². The number of hydrogen-bond donors (Lipinski definition) is 2. The van der Waals surface area contributed by atoms with Crippen molar-refractivity contribution in [2.24, 2.45) is 5.73 Å². The zero-order chi connectivity index (χ0) is 12.6. The maximum absolute atomic E-state index is 11.5. The first kappa shape index (κ1) is 13.3. The van der Waals surface area contributed by atoms with Gasteiger partial charge >= 0.3 is 0 Å². The van der Waals surface area contributed by atoms with Gasteiger partial charge in [-0.1, -0.05) is 0 Å². The summed E-state index contributed by atoms with van der Waals surface area (Å²) in [6, 6.07) is 0.416. The van der Waals surface area contributed by atoms with Crippen LogP contribution in [0.15, 0.2) is 0 Å². The summed E-state index contributed by atoms with van der Waals surface area (Å²) in [5.74, 6) is 0.00145. The molecule has 0 amide bonds. The van der Waals surface area contributed by atoms with Crippen LogP contribution in [0.25, 0.3) is 0 Å². The number of nitrogens with zero attached hydrogens (tertiary/aromatic N) is 1. The maximum atomic E-state index is 11.5. The SMILES string of the molecule is CN(C1CCC(N)CC1)C1CS(=O)(=O)CC1O. The monoisotopic (exact) mass is 262 g/mol. The molecule has 0 radical (unpaired) electrons. The second-order valence-corrected chi connectivity index (χ2v) is 7.60. The van der Waals surface area contributed by atoms with Crippen molar-refractivity contribution >= 4 is 9.84 Å². The predicted molar refractivity (Wildman–Crippen MR) is 66.4 cm³/mol. The largest absolute Gasteiger partial charge is 0.390 e. The Bertz CT molecular complexity index is 363. The molecule has 1 saturated heterocycles. The summed E-state index contributed by atoms with van der Waals surface area (Å²) in [5.41, 5.74) is 5.86. The highest BCUT2D eigenvalue weighted by Gasteiger charge is 2.41. The smallest absolute Gasteiger partial charge is 0.154 e. The van der Waals surface area contributed by atoms with E-state index >= 15 is 0 Å². The van der Waals surface area contributed by atoms with E-state index in [0.717, 1.165) is 25.7 Å². The number of aliphatic hydroxyl groups excluding tert-OH is 1. The highest BCUT2D eigenvalue weighted by atomic mass is 32.2. The van der Waals surface area contributed by atoms with Crippen LogP contribution < -0.4 is 5.73 Å². The van der Waals surface area contributed by atoms with Crippen molar-refractivity contribution in [2.45, 2.75) is 49.9 Å². The number of hydrogen-bond acceptors (Lipinski definition) is 5. The summed E-state index contributed by atoms with van der Waals surface area (Å²) in [6.45, 7) is 0. The molecular formula is C11H22N2O3S. The van der Waals surface area contributed by atoms with Gasteiger partial charge in [0.25, 0.3) is 0 Å². The molecule has 6 heteroatoms. The highest BCUT2D eigenvalue weighted by Crippen LogP contribution is 2.26. The first-order chi connectivity index (χ1) is 7.89. The Balaban J connectivity index is 1.98. The van der Waals surface area contributed by atoms with Gasteiger partial charge < -0.3 is 10.8 Å². The van der Waals surface area contributed by atoms with Crippen LogP contribution in [0.3, 0.4) is 0 Å². The van der Waals surface area contributed by atoms with Gasteiger partial charge in [-0.3, -0.25) is 4.90 Å². The second kappa shape index (κ2) is 4.84. The molecule has 1 aliphatic carbocycles. The van der Waals surface area contributed by atoms with E-state index in [1.807, 2.05) is 7.05 Å². The summed E-state index contributed by atoms with van der Waals surface area (Å²) >= 11 is 0. The summed E-state index contributed by atoms with van der Waals surface area (Å²) in [6.07, 6.45) is 3.25. The lowest BCUT2D eigenvalue weighted by atomic mass is 9.90. The van der Waals surface area contributed by atoms with Crippen molar-refractivity contribution in [3.63, 3.8) is 0 Å². The van der Waals surface area contributed by atoms with Crippen LogP contribution >= 0.6 is 0 Å². The van der Waals surface area contributed by atoms with Gasteiger partial charge in [-0.25, -0.2) is 8.42 Å². The number of nitrogens with two attached hydrogens (primary N) is 1. The molecule has 0 aromatic heterocycles. The van der Waals surface area contributed by atoms with Gasteiger partial charge in [0.15, 0.2) is 9.84 Å². The van der Waals surface area contributed by atoms with E-state index in [-0.39, 0.29) is 23.6 Å². The highest BCUT2D eigenvalue weighted by molar-refractivity contribution is 7.91. The average Bonchev–Trinajstić information content (AvgIpc) is 2.52. The van der Waals surface area contributed by atoms with Crippen molar-refractivity contribution in [3.8, 4) is 0 Å². The molecule has 0 spiro atoms. The maximum Gasteiger partial charge on any atom is 0.154 e. The van der Waals surface area contributed by atoms with E-state index in [0.29, 0.717) is 6.04 Å². The molecule has 2 aliphatic rings.